The van der Waals surface area contributed by atoms with Gasteiger partial charge in [0.2, 0.25) is 0 Å². The zero-order valence-corrected chi connectivity index (χ0v) is 13.1. The number of carbonyl (C=O) groups excluding carboxylic acids is 1. The van der Waals surface area contributed by atoms with Gasteiger partial charge in [-0.15, -0.1) is 0 Å². The molecule has 1 atom stereocenters. The molecule has 1 heterocycles. The lowest BCUT2D eigenvalue weighted by Crippen LogP contribution is -2.99. The lowest BCUT2D eigenvalue weighted by molar-refractivity contribution is -0.991. The highest BCUT2D eigenvalue weighted by atomic mass is 35.6. The first-order valence-electron chi connectivity index (χ1n) is 4.77. The smallest absolute Gasteiger partial charge is 0.279 e. The molecule has 1 amide bonds. The van der Waals surface area contributed by atoms with Gasteiger partial charge in [0.1, 0.15) is 4.90 Å². The van der Waals surface area contributed by atoms with Crippen LogP contribution in [0.5, 0.6) is 0 Å². The van der Waals surface area contributed by atoms with E-state index in [9.17, 15) is 18.4 Å². The molecule has 0 saturated carbocycles. The van der Waals surface area contributed by atoms with Gasteiger partial charge in [-0.25, -0.2) is 13.6 Å². The molecule has 110 valence electrons. The van der Waals surface area contributed by atoms with E-state index in [-0.39, 0.29) is 23.2 Å². The number of carbonyl (C=O) groups is 1. The average molecular weight is 380 g/mol. The number of sulfonamides is 1. The fourth-order valence-electron chi connectivity index (χ4n) is 1.53. The van der Waals surface area contributed by atoms with Gasteiger partial charge >= 0.3 is 0 Å². The first-order valence-corrected chi connectivity index (χ1v) is 8.11. The molecule has 7 nitrogen and oxygen atoms in total. The fraction of sp³-hybridized carbons (Fsp3) is 0.125. The van der Waals surface area contributed by atoms with Crippen LogP contribution in [0.2, 0.25) is 0 Å². The average Bonchev–Trinajstić information content (AvgIpc) is 2.49. The van der Waals surface area contributed by atoms with Gasteiger partial charge in [0.15, 0.2) is 5.69 Å². The van der Waals surface area contributed by atoms with E-state index < -0.39 is 29.2 Å². The van der Waals surface area contributed by atoms with Crippen molar-refractivity contribution in [2.75, 3.05) is 0 Å². The van der Waals surface area contributed by atoms with Crippen molar-refractivity contribution in [2.24, 2.45) is 0 Å². The van der Waals surface area contributed by atoms with Crippen molar-refractivity contribution in [2.45, 2.75) is 8.02 Å². The molecule has 0 radical (unpaired) electrons. The summed E-state index contributed by atoms with van der Waals surface area (Å²) in [7, 11) is -4.25. The van der Waals surface area contributed by atoms with Gasteiger partial charge < -0.3 is 5.21 Å². The summed E-state index contributed by atoms with van der Waals surface area (Å²) in [5.74, 6) is -0.895. The molecule has 1 aliphatic heterocycles. The summed E-state index contributed by atoms with van der Waals surface area (Å²) in [4.78, 5) is 11.5. The summed E-state index contributed by atoms with van der Waals surface area (Å²) in [6, 6.07) is 3.12. The molecule has 1 aromatic carbocycles. The first kappa shape index (κ1) is 16.1. The van der Waals surface area contributed by atoms with Crippen molar-refractivity contribution >= 4 is 68.4 Å². The number of nitrogens with one attached hydrogen (secondary N) is 1. The third-order valence-corrected chi connectivity index (χ3v) is 5.78. The van der Waals surface area contributed by atoms with Gasteiger partial charge in [0, 0.05) is 24.1 Å². The summed E-state index contributed by atoms with van der Waals surface area (Å²) in [6.07, 6.45) is 0. The van der Waals surface area contributed by atoms with Gasteiger partial charge in [0.25, 0.3) is 19.1 Å². The maximum atomic E-state index is 12.2. The van der Waals surface area contributed by atoms with E-state index >= 15 is 0 Å². The van der Waals surface area contributed by atoms with E-state index in [1.54, 1.807) is 0 Å². The van der Waals surface area contributed by atoms with E-state index in [2.05, 4.69) is 0 Å². The van der Waals surface area contributed by atoms with E-state index in [1.807, 2.05) is 0 Å². The van der Waals surface area contributed by atoms with Crippen LogP contribution in [0.4, 0.5) is 5.69 Å². The second kappa shape index (κ2) is 5.18. The van der Waals surface area contributed by atoms with E-state index in [0.29, 0.717) is 3.71 Å². The zero-order chi connectivity index (χ0) is 15.3. The molecule has 0 bridgehead atoms. The number of alkyl halides is 3. The summed E-state index contributed by atoms with van der Waals surface area (Å²) >= 11 is 16.6. The number of amides is 1. The van der Waals surface area contributed by atoms with Crippen LogP contribution in [-0.2, 0) is 10.0 Å². The second-order valence-corrected chi connectivity index (χ2v) is 9.69. The van der Waals surface area contributed by atoms with Crippen molar-refractivity contribution in [1.29, 1.82) is 0 Å². The molecule has 0 aromatic heterocycles. The van der Waals surface area contributed by atoms with Crippen LogP contribution in [0.3, 0.4) is 0 Å². The standard InChI is InChI=1S/C8H5Cl3N2O5S2/c9-8(10,11)19-13-7(14)5-2-1-4(12(15)16)3-6(5)20(13,17)18/h1-3,12,15H. The molecule has 0 saturated heterocycles. The summed E-state index contributed by atoms with van der Waals surface area (Å²) in [5, 5.41) is 18.4. The molecule has 1 unspecified atom stereocenters. The number of rotatable bonds is 2. The quantitative estimate of drug-likeness (QED) is 0.455. The predicted molar refractivity (Wildman–Crippen MR) is 73.5 cm³/mol. The van der Waals surface area contributed by atoms with Crippen LogP contribution in [0, 0.1) is 5.21 Å². The number of hydrogen-bond donors (Lipinski definition) is 2. The molecular formula is C8H5Cl3N2O5S2. The Morgan fingerprint density at radius 2 is 1.95 bits per heavy atom. The first-order chi connectivity index (χ1) is 9.04. The Labute approximate surface area is 132 Å². The van der Waals surface area contributed by atoms with Crippen molar-refractivity contribution in [3.63, 3.8) is 0 Å². The number of quaternary nitrogens is 1. The van der Waals surface area contributed by atoms with Crippen LogP contribution in [0.25, 0.3) is 0 Å². The maximum Gasteiger partial charge on any atom is 0.279 e. The van der Waals surface area contributed by atoms with E-state index in [0.717, 1.165) is 18.2 Å². The number of halogens is 3. The molecule has 20 heavy (non-hydrogen) atoms. The zero-order valence-electron chi connectivity index (χ0n) is 9.21. The highest BCUT2D eigenvalue weighted by Gasteiger charge is 2.46. The highest BCUT2D eigenvalue weighted by Crippen LogP contribution is 2.46. The fourth-order valence-corrected chi connectivity index (χ4v) is 5.06. The molecule has 0 fully saturated rings. The maximum absolute atomic E-state index is 12.2. The molecular weight excluding hydrogens is 375 g/mol. The van der Waals surface area contributed by atoms with Gasteiger partial charge in [-0.05, 0) is 6.07 Å². The Hall–Kier alpha value is -0.260. The molecule has 0 aliphatic carbocycles. The molecule has 12 heteroatoms. The highest BCUT2D eigenvalue weighted by molar-refractivity contribution is 8.12. The molecule has 2 rings (SSSR count). The Kier molecular flexibility index (Phi) is 4.17. The van der Waals surface area contributed by atoms with Crippen LogP contribution in [-0.4, -0.2) is 26.4 Å². The molecule has 0 spiro atoms. The van der Waals surface area contributed by atoms with Crippen LogP contribution < -0.4 is 5.23 Å². The molecule has 1 aromatic rings. The minimum Gasteiger partial charge on any atom is -0.595 e. The minimum atomic E-state index is -4.25. The Balaban J connectivity index is 2.54. The van der Waals surface area contributed by atoms with Crippen molar-refractivity contribution < 1.29 is 23.6 Å². The van der Waals surface area contributed by atoms with Crippen molar-refractivity contribution in [1.82, 2.24) is 3.71 Å². The van der Waals surface area contributed by atoms with Gasteiger partial charge in [-0.3, -0.25) is 4.79 Å². The van der Waals surface area contributed by atoms with Crippen molar-refractivity contribution in [3.8, 4) is 0 Å². The molecule has 1 aliphatic rings. The lowest BCUT2D eigenvalue weighted by atomic mass is 10.2. The van der Waals surface area contributed by atoms with Crippen LogP contribution in [0.1, 0.15) is 10.4 Å². The summed E-state index contributed by atoms with van der Waals surface area (Å²) in [6.45, 7) is 0. The number of hydrogen-bond acceptors (Lipinski definition) is 6. The number of nitrogens with zero attached hydrogens (tertiary/aromatic N) is 1. The van der Waals surface area contributed by atoms with Crippen LogP contribution in [0.15, 0.2) is 23.1 Å². The normalized spacial score (nSPS) is 19.1. The monoisotopic (exact) mass is 378 g/mol. The third-order valence-electron chi connectivity index (χ3n) is 2.31. The van der Waals surface area contributed by atoms with Crippen LogP contribution >= 0.6 is 46.8 Å². The summed E-state index contributed by atoms with van der Waals surface area (Å²) < 4.78 is 22.6. The Bertz CT molecular complexity index is 673. The largest absolute Gasteiger partial charge is 0.595 e. The van der Waals surface area contributed by atoms with Gasteiger partial charge in [-0.2, -0.15) is 8.94 Å². The van der Waals surface area contributed by atoms with Crippen molar-refractivity contribution in [3.05, 3.63) is 29.0 Å². The second-order valence-electron chi connectivity index (χ2n) is 3.59. The Morgan fingerprint density at radius 3 is 2.45 bits per heavy atom. The number of fused-ring (bicyclic) bond motifs is 1. The third kappa shape index (κ3) is 2.85. The van der Waals surface area contributed by atoms with E-state index in [1.165, 1.54) is 0 Å². The minimum absolute atomic E-state index is 0.170. The lowest BCUT2D eigenvalue weighted by Gasteiger charge is -2.18. The SMILES string of the molecule is O=C1c2ccc([NH+]([O-])O)cc2S(=O)(=O)N1SC(Cl)(Cl)Cl. The molecule has 2 N–H and O–H groups in total. The summed E-state index contributed by atoms with van der Waals surface area (Å²) in [5.41, 5.74) is -0.433. The predicted octanol–water partition coefficient (Wildman–Crippen LogP) is 1.21. The topological polar surface area (TPSA) is 102 Å². The van der Waals surface area contributed by atoms with Gasteiger partial charge in [0.05, 0.1) is 5.56 Å². The van der Waals surface area contributed by atoms with Gasteiger partial charge in [-0.1, -0.05) is 34.8 Å². The number of benzene rings is 1. The Morgan fingerprint density at radius 1 is 1.35 bits per heavy atom. The van der Waals surface area contributed by atoms with E-state index in [4.69, 9.17) is 40.0 Å².